The average molecular weight is 363 g/mol. The number of carbonyl (C=O) groups is 2. The van der Waals surface area contributed by atoms with Crippen molar-refractivity contribution in [3.05, 3.63) is 53.2 Å². The van der Waals surface area contributed by atoms with Gasteiger partial charge in [0, 0.05) is 25.2 Å². The first-order valence-electron chi connectivity index (χ1n) is 7.87. The lowest BCUT2D eigenvalue weighted by atomic mass is 10.1. The van der Waals surface area contributed by atoms with Gasteiger partial charge in [0.25, 0.3) is 12.3 Å². The van der Waals surface area contributed by atoms with E-state index in [-0.39, 0.29) is 18.4 Å². The maximum absolute atomic E-state index is 12.2. The van der Waals surface area contributed by atoms with Crippen molar-refractivity contribution < 1.29 is 23.1 Å². The highest BCUT2D eigenvalue weighted by Crippen LogP contribution is 2.20. The summed E-state index contributed by atoms with van der Waals surface area (Å²) in [5.41, 5.74) is 1.86. The molecule has 0 fully saturated rings. The summed E-state index contributed by atoms with van der Waals surface area (Å²) in [5, 5.41) is 5.26. The van der Waals surface area contributed by atoms with Crippen LogP contribution in [-0.2, 0) is 11.3 Å². The van der Waals surface area contributed by atoms with Gasteiger partial charge in [-0.3, -0.25) is 9.59 Å². The number of aryl methyl sites for hydroxylation is 1. The van der Waals surface area contributed by atoms with Crippen molar-refractivity contribution >= 4 is 17.6 Å². The van der Waals surface area contributed by atoms with E-state index in [1.807, 2.05) is 0 Å². The van der Waals surface area contributed by atoms with Crippen LogP contribution in [-0.4, -0.2) is 29.8 Å². The molecule has 0 saturated heterocycles. The molecular weight excluding hydrogens is 344 g/mol. The van der Waals surface area contributed by atoms with Gasteiger partial charge in [0.15, 0.2) is 0 Å². The van der Waals surface area contributed by atoms with E-state index in [4.69, 9.17) is 4.74 Å². The summed E-state index contributed by atoms with van der Waals surface area (Å²) >= 11 is 0. The second kappa shape index (κ2) is 8.89. The third kappa shape index (κ3) is 5.80. The minimum atomic E-state index is -2.53. The summed E-state index contributed by atoms with van der Waals surface area (Å²) in [6.07, 6.45) is -1.10. The molecule has 138 valence electrons. The van der Waals surface area contributed by atoms with Crippen LogP contribution in [0.2, 0.25) is 0 Å². The van der Waals surface area contributed by atoms with Gasteiger partial charge in [0.2, 0.25) is 5.91 Å². The van der Waals surface area contributed by atoms with Crippen LogP contribution in [0.3, 0.4) is 0 Å². The van der Waals surface area contributed by atoms with Gasteiger partial charge in [0.1, 0.15) is 18.2 Å². The molecule has 0 bridgehead atoms. The zero-order valence-corrected chi connectivity index (χ0v) is 14.4. The smallest absolute Gasteiger partial charge is 0.272 e. The van der Waals surface area contributed by atoms with E-state index in [9.17, 15) is 18.4 Å². The number of aromatic nitrogens is 1. The Morgan fingerprint density at radius 1 is 1.23 bits per heavy atom. The third-order valence-electron chi connectivity index (χ3n) is 3.38. The molecule has 0 atom stereocenters. The molecule has 0 spiro atoms. The molecule has 2 aromatic rings. The number of alkyl halides is 2. The Labute approximate surface area is 149 Å². The quantitative estimate of drug-likeness (QED) is 0.793. The summed E-state index contributed by atoms with van der Waals surface area (Å²) in [6, 6.07) is 8.07. The fourth-order valence-corrected chi connectivity index (χ4v) is 2.24. The van der Waals surface area contributed by atoms with Crippen LogP contribution in [0.5, 0.6) is 5.75 Å². The molecule has 0 radical (unpaired) electrons. The highest BCUT2D eigenvalue weighted by atomic mass is 19.3. The summed E-state index contributed by atoms with van der Waals surface area (Å²) < 4.78 is 29.4. The lowest BCUT2D eigenvalue weighted by Crippen LogP contribution is -2.23. The molecular formula is C18H19F2N3O3. The number of nitrogens with zero attached hydrogens (tertiary/aromatic N) is 1. The van der Waals surface area contributed by atoms with E-state index >= 15 is 0 Å². The van der Waals surface area contributed by atoms with Gasteiger partial charge >= 0.3 is 0 Å². The van der Waals surface area contributed by atoms with Crippen LogP contribution in [0, 0.1) is 6.92 Å². The number of hydrogen-bond acceptors (Lipinski definition) is 4. The number of pyridine rings is 1. The van der Waals surface area contributed by atoms with Gasteiger partial charge in [-0.15, -0.1) is 0 Å². The summed E-state index contributed by atoms with van der Waals surface area (Å²) in [5.74, 6) is 0.0744. The number of ether oxygens (including phenoxy) is 1. The van der Waals surface area contributed by atoms with Gasteiger partial charge in [-0.2, -0.15) is 0 Å². The molecule has 0 aliphatic carbocycles. The van der Waals surface area contributed by atoms with Crippen LogP contribution < -0.4 is 15.4 Å². The van der Waals surface area contributed by atoms with Crippen molar-refractivity contribution in [2.45, 2.75) is 26.8 Å². The molecule has 26 heavy (non-hydrogen) atoms. The minimum absolute atomic E-state index is 0.257. The van der Waals surface area contributed by atoms with E-state index in [1.54, 1.807) is 25.1 Å². The molecule has 8 heteroatoms. The molecule has 6 nitrogen and oxygen atoms in total. The molecule has 2 rings (SSSR count). The van der Waals surface area contributed by atoms with Gasteiger partial charge in [-0.25, -0.2) is 13.8 Å². The predicted molar refractivity (Wildman–Crippen MR) is 92.4 cm³/mol. The Bertz CT molecular complexity index is 797. The van der Waals surface area contributed by atoms with E-state index in [0.717, 1.165) is 5.56 Å². The maximum Gasteiger partial charge on any atom is 0.272 e. The van der Waals surface area contributed by atoms with E-state index in [0.29, 0.717) is 22.7 Å². The van der Waals surface area contributed by atoms with Gasteiger partial charge < -0.3 is 15.4 Å². The normalized spacial score (nSPS) is 10.5. The molecule has 2 amide bonds. The van der Waals surface area contributed by atoms with Gasteiger partial charge in [-0.05, 0) is 36.2 Å². The summed E-state index contributed by atoms with van der Waals surface area (Å²) in [6.45, 7) is 2.70. The molecule has 0 unspecified atom stereocenters. The van der Waals surface area contributed by atoms with Crippen molar-refractivity contribution in [1.82, 2.24) is 10.3 Å². The predicted octanol–water partition coefficient (Wildman–Crippen LogP) is 2.92. The van der Waals surface area contributed by atoms with Crippen molar-refractivity contribution in [3.63, 3.8) is 0 Å². The fourth-order valence-electron chi connectivity index (χ4n) is 2.24. The molecule has 1 aromatic heterocycles. The topological polar surface area (TPSA) is 80.3 Å². The van der Waals surface area contributed by atoms with E-state index in [1.165, 1.54) is 25.3 Å². The molecule has 1 heterocycles. The Morgan fingerprint density at radius 3 is 2.65 bits per heavy atom. The lowest BCUT2D eigenvalue weighted by Gasteiger charge is -2.11. The van der Waals surface area contributed by atoms with Gasteiger partial charge in [-0.1, -0.05) is 12.1 Å². The Kier molecular flexibility index (Phi) is 6.60. The number of amides is 2. The standard InChI is InChI=1S/C18H19F2N3O3/c1-11-7-13(3-4-15(11)26-10-16(19)20)9-22-18(25)14-5-6-21-17(8-14)23-12(2)24/h3-8,16H,9-10H2,1-2H3,(H,22,25)(H,21,23,24). The summed E-state index contributed by atoms with van der Waals surface area (Å²) in [7, 11) is 0. The number of rotatable bonds is 7. The third-order valence-corrected chi connectivity index (χ3v) is 3.38. The minimum Gasteiger partial charge on any atom is -0.487 e. The molecule has 1 aromatic carbocycles. The Balaban J connectivity index is 1.97. The molecule has 2 N–H and O–H groups in total. The second-order valence-corrected chi connectivity index (χ2v) is 5.60. The van der Waals surface area contributed by atoms with Crippen LogP contribution >= 0.6 is 0 Å². The second-order valence-electron chi connectivity index (χ2n) is 5.60. The first-order chi connectivity index (χ1) is 12.3. The average Bonchev–Trinajstić information content (AvgIpc) is 2.58. The first kappa shape index (κ1) is 19.3. The molecule has 0 saturated carbocycles. The van der Waals surface area contributed by atoms with Crippen LogP contribution in [0.15, 0.2) is 36.5 Å². The Morgan fingerprint density at radius 2 is 2.00 bits per heavy atom. The maximum atomic E-state index is 12.2. The number of anilines is 1. The van der Waals surface area contributed by atoms with Crippen molar-refractivity contribution in [3.8, 4) is 5.75 Å². The van der Waals surface area contributed by atoms with Crippen molar-refractivity contribution in [1.29, 1.82) is 0 Å². The fraction of sp³-hybridized carbons (Fsp3) is 0.278. The number of benzene rings is 1. The van der Waals surface area contributed by atoms with E-state index < -0.39 is 13.0 Å². The molecule has 0 aliphatic rings. The Hall–Kier alpha value is -3.03. The largest absolute Gasteiger partial charge is 0.487 e. The number of halogens is 2. The van der Waals surface area contributed by atoms with Gasteiger partial charge in [0.05, 0.1) is 0 Å². The highest BCUT2D eigenvalue weighted by molar-refractivity contribution is 5.96. The highest BCUT2D eigenvalue weighted by Gasteiger charge is 2.09. The van der Waals surface area contributed by atoms with Crippen molar-refractivity contribution in [2.75, 3.05) is 11.9 Å². The summed E-state index contributed by atoms with van der Waals surface area (Å²) in [4.78, 5) is 27.2. The van der Waals surface area contributed by atoms with E-state index in [2.05, 4.69) is 15.6 Å². The SMILES string of the molecule is CC(=O)Nc1cc(C(=O)NCc2ccc(OCC(F)F)c(C)c2)ccn1. The molecule has 0 aliphatic heterocycles. The number of nitrogens with one attached hydrogen (secondary N) is 2. The van der Waals surface area contributed by atoms with Crippen LogP contribution in [0.25, 0.3) is 0 Å². The number of carbonyl (C=O) groups excluding carboxylic acids is 2. The van der Waals surface area contributed by atoms with Crippen LogP contribution in [0.4, 0.5) is 14.6 Å². The zero-order valence-electron chi connectivity index (χ0n) is 14.4. The first-order valence-corrected chi connectivity index (χ1v) is 7.87. The lowest BCUT2D eigenvalue weighted by molar-refractivity contribution is -0.114. The number of hydrogen-bond donors (Lipinski definition) is 2. The van der Waals surface area contributed by atoms with Crippen LogP contribution in [0.1, 0.15) is 28.4 Å². The van der Waals surface area contributed by atoms with Crippen molar-refractivity contribution in [2.24, 2.45) is 0 Å². The monoisotopic (exact) mass is 363 g/mol. The zero-order chi connectivity index (χ0) is 19.1.